The average molecular weight is 465 g/mol. The monoisotopic (exact) mass is 464 g/mol. The van der Waals surface area contributed by atoms with Gasteiger partial charge in [0.05, 0.1) is 11.3 Å². The van der Waals surface area contributed by atoms with E-state index in [1.165, 1.54) is 11.6 Å². The number of phenols is 1. The average Bonchev–Trinajstić information content (AvgIpc) is 3.10. The smallest absolute Gasteiger partial charge is 0.337 e. The molecule has 0 spiro atoms. The number of ether oxygens (including phenoxy) is 1. The van der Waals surface area contributed by atoms with Crippen molar-refractivity contribution in [2.75, 3.05) is 11.1 Å². The topological polar surface area (TPSA) is 129 Å². The Bertz CT molecular complexity index is 1460. The molecule has 1 aliphatic rings. The summed E-state index contributed by atoms with van der Waals surface area (Å²) in [5.74, 6) is -0.495. The second-order valence-electron chi connectivity index (χ2n) is 9.35. The number of aryl methyl sites for hydroxylation is 1. The van der Waals surface area contributed by atoms with Crippen LogP contribution in [-0.2, 0) is 13.5 Å². The maximum atomic E-state index is 13.5. The lowest BCUT2D eigenvalue weighted by Gasteiger charge is -2.20. The molecule has 2 aromatic carbocycles. The van der Waals surface area contributed by atoms with E-state index in [0.717, 1.165) is 15.7 Å². The summed E-state index contributed by atoms with van der Waals surface area (Å²) >= 11 is 0. The van der Waals surface area contributed by atoms with Crippen molar-refractivity contribution in [2.24, 2.45) is 7.05 Å². The Labute approximate surface area is 196 Å². The summed E-state index contributed by atoms with van der Waals surface area (Å²) in [5.41, 5.74) is 7.35. The molecule has 34 heavy (non-hydrogen) atoms. The standard InChI is InChI=1S/C25H28N4O5/c1-12-7-9-15(10-8-12)29-21(26)18(23(32)28(6)24(29)33)27-22(31)17-14(3)19(30)13(2)16-11-25(4,5)34-20(16)17/h7-10,30H,11,26H2,1-6H3,(H,27,31). The van der Waals surface area contributed by atoms with Crippen molar-refractivity contribution >= 4 is 17.4 Å². The fraction of sp³-hybridized carbons (Fsp3) is 0.320. The van der Waals surface area contributed by atoms with Gasteiger partial charge in [-0.15, -0.1) is 0 Å². The summed E-state index contributed by atoms with van der Waals surface area (Å²) in [7, 11) is 1.32. The highest BCUT2D eigenvalue weighted by atomic mass is 16.5. The Morgan fingerprint density at radius 1 is 1.12 bits per heavy atom. The van der Waals surface area contributed by atoms with Crippen LogP contribution in [0, 0.1) is 20.8 Å². The van der Waals surface area contributed by atoms with Crippen molar-refractivity contribution in [3.63, 3.8) is 0 Å². The summed E-state index contributed by atoms with van der Waals surface area (Å²) in [4.78, 5) is 39.2. The fourth-order valence-corrected chi connectivity index (χ4v) is 4.34. The molecule has 1 aromatic heterocycles. The van der Waals surface area contributed by atoms with E-state index in [0.29, 0.717) is 29.0 Å². The summed E-state index contributed by atoms with van der Waals surface area (Å²) in [6, 6.07) is 7.03. The lowest BCUT2D eigenvalue weighted by molar-refractivity contribution is 0.101. The van der Waals surface area contributed by atoms with E-state index >= 15 is 0 Å². The first-order chi connectivity index (χ1) is 15.8. The second kappa shape index (κ2) is 7.79. The molecule has 1 aliphatic heterocycles. The van der Waals surface area contributed by atoms with Gasteiger partial charge in [0.15, 0.2) is 0 Å². The van der Waals surface area contributed by atoms with E-state index in [-0.39, 0.29) is 22.8 Å². The molecule has 4 rings (SSSR count). The summed E-state index contributed by atoms with van der Waals surface area (Å²) in [6.45, 7) is 9.08. The fourth-order valence-electron chi connectivity index (χ4n) is 4.34. The third kappa shape index (κ3) is 3.53. The molecule has 178 valence electrons. The third-order valence-corrected chi connectivity index (χ3v) is 6.27. The lowest BCUT2D eigenvalue weighted by Crippen LogP contribution is -2.40. The number of nitrogens with two attached hydrogens (primary N) is 1. The van der Waals surface area contributed by atoms with Gasteiger partial charge in [-0.3, -0.25) is 14.2 Å². The van der Waals surface area contributed by atoms with Crippen LogP contribution < -0.4 is 27.0 Å². The molecule has 9 heteroatoms. The minimum atomic E-state index is -0.744. The zero-order valence-electron chi connectivity index (χ0n) is 20.1. The molecule has 0 fully saturated rings. The number of aromatic hydroxyl groups is 1. The number of nitrogen functional groups attached to an aromatic ring is 1. The van der Waals surface area contributed by atoms with Crippen LogP contribution >= 0.6 is 0 Å². The highest BCUT2D eigenvalue weighted by molar-refractivity contribution is 6.09. The minimum absolute atomic E-state index is 0.00398. The number of amides is 1. The molecule has 0 unspecified atom stereocenters. The molecule has 0 atom stereocenters. The molecule has 9 nitrogen and oxygen atoms in total. The van der Waals surface area contributed by atoms with Crippen LogP contribution in [0.5, 0.6) is 11.5 Å². The van der Waals surface area contributed by atoms with E-state index in [1.807, 2.05) is 32.9 Å². The van der Waals surface area contributed by atoms with Crippen molar-refractivity contribution in [3.05, 3.63) is 72.9 Å². The summed E-state index contributed by atoms with van der Waals surface area (Å²) in [5, 5.41) is 13.3. The maximum absolute atomic E-state index is 13.5. The normalized spacial score (nSPS) is 13.9. The highest BCUT2D eigenvalue weighted by Gasteiger charge is 2.37. The van der Waals surface area contributed by atoms with Crippen molar-refractivity contribution in [3.8, 4) is 17.2 Å². The first kappa shape index (κ1) is 23.2. The Kier molecular flexibility index (Phi) is 5.31. The minimum Gasteiger partial charge on any atom is -0.507 e. The largest absolute Gasteiger partial charge is 0.507 e. The number of hydrogen-bond donors (Lipinski definition) is 3. The number of rotatable bonds is 3. The second-order valence-corrected chi connectivity index (χ2v) is 9.35. The molecule has 0 bridgehead atoms. The number of phenolic OH excluding ortho intramolecular Hbond substituents is 1. The predicted octanol–water partition coefficient (Wildman–Crippen LogP) is 2.72. The molecule has 0 saturated heterocycles. The van der Waals surface area contributed by atoms with Gasteiger partial charge in [0.2, 0.25) is 0 Å². The molecule has 2 heterocycles. The van der Waals surface area contributed by atoms with Crippen molar-refractivity contribution in [2.45, 2.75) is 46.6 Å². The highest BCUT2D eigenvalue weighted by Crippen LogP contribution is 2.45. The molecule has 0 aliphatic carbocycles. The van der Waals surface area contributed by atoms with Gasteiger partial charge in [-0.1, -0.05) is 17.7 Å². The predicted molar refractivity (Wildman–Crippen MR) is 130 cm³/mol. The number of anilines is 2. The van der Waals surface area contributed by atoms with Gasteiger partial charge >= 0.3 is 5.69 Å². The van der Waals surface area contributed by atoms with Crippen LogP contribution in [0.25, 0.3) is 5.69 Å². The molecule has 1 amide bonds. The van der Waals surface area contributed by atoms with E-state index in [2.05, 4.69) is 5.32 Å². The third-order valence-electron chi connectivity index (χ3n) is 6.27. The van der Waals surface area contributed by atoms with Crippen LogP contribution in [0.1, 0.15) is 46.5 Å². The van der Waals surface area contributed by atoms with Gasteiger partial charge in [0.1, 0.15) is 28.6 Å². The Morgan fingerprint density at radius 3 is 2.35 bits per heavy atom. The number of hydrogen-bond acceptors (Lipinski definition) is 6. The van der Waals surface area contributed by atoms with Gasteiger partial charge in [-0.2, -0.15) is 0 Å². The van der Waals surface area contributed by atoms with Gasteiger partial charge < -0.3 is 20.9 Å². The number of carbonyl (C=O) groups excluding carboxylic acids is 1. The zero-order valence-corrected chi connectivity index (χ0v) is 20.1. The Balaban J connectivity index is 1.87. The van der Waals surface area contributed by atoms with Crippen LogP contribution in [0.4, 0.5) is 11.5 Å². The van der Waals surface area contributed by atoms with Gasteiger partial charge in [-0.05, 0) is 52.3 Å². The summed E-state index contributed by atoms with van der Waals surface area (Å²) in [6.07, 6.45) is 0.518. The zero-order chi connectivity index (χ0) is 25.1. The quantitative estimate of drug-likeness (QED) is 0.547. The van der Waals surface area contributed by atoms with Gasteiger partial charge in [0, 0.05) is 24.6 Å². The first-order valence-electron chi connectivity index (χ1n) is 10.9. The molecule has 0 saturated carbocycles. The number of nitrogens with zero attached hydrogens (tertiary/aromatic N) is 2. The lowest BCUT2D eigenvalue weighted by atomic mass is 9.92. The first-order valence-corrected chi connectivity index (χ1v) is 10.9. The van der Waals surface area contributed by atoms with E-state index < -0.39 is 22.8 Å². The van der Waals surface area contributed by atoms with Crippen molar-refractivity contribution in [1.82, 2.24) is 9.13 Å². The van der Waals surface area contributed by atoms with E-state index in [1.54, 1.807) is 26.0 Å². The molecular formula is C25H28N4O5. The Morgan fingerprint density at radius 2 is 1.74 bits per heavy atom. The van der Waals surface area contributed by atoms with E-state index in [4.69, 9.17) is 10.5 Å². The number of benzene rings is 2. The van der Waals surface area contributed by atoms with Gasteiger partial charge in [0.25, 0.3) is 11.5 Å². The van der Waals surface area contributed by atoms with Crippen LogP contribution in [-0.4, -0.2) is 25.7 Å². The number of aromatic nitrogens is 2. The molecule has 3 aromatic rings. The van der Waals surface area contributed by atoms with Crippen LogP contribution in [0.3, 0.4) is 0 Å². The number of carbonyl (C=O) groups is 1. The SMILES string of the molecule is Cc1ccc(-n2c(N)c(NC(=O)c3c(C)c(O)c(C)c4c3OC(C)(C)C4)c(=O)n(C)c2=O)cc1. The van der Waals surface area contributed by atoms with E-state index in [9.17, 15) is 19.5 Å². The molecule has 4 N–H and O–H groups in total. The number of fused-ring (bicyclic) bond motifs is 1. The van der Waals surface area contributed by atoms with Crippen molar-refractivity contribution in [1.29, 1.82) is 0 Å². The Hall–Kier alpha value is -4.01. The maximum Gasteiger partial charge on any atom is 0.337 e. The van der Waals surface area contributed by atoms with Gasteiger partial charge in [-0.25, -0.2) is 9.36 Å². The van der Waals surface area contributed by atoms with Crippen LogP contribution in [0.15, 0.2) is 33.9 Å². The molecular weight excluding hydrogens is 436 g/mol. The van der Waals surface area contributed by atoms with Crippen molar-refractivity contribution < 1.29 is 14.6 Å². The summed E-state index contributed by atoms with van der Waals surface area (Å²) < 4.78 is 8.12. The van der Waals surface area contributed by atoms with Crippen LogP contribution in [0.2, 0.25) is 0 Å². The number of nitrogens with one attached hydrogen (secondary N) is 1. The molecule has 0 radical (unpaired) electrons.